The van der Waals surface area contributed by atoms with E-state index in [9.17, 15) is 9.59 Å². The van der Waals surface area contributed by atoms with E-state index < -0.39 is 5.97 Å². The molecule has 2 aliphatic heterocycles. The number of carboxylic acids is 1. The first kappa shape index (κ1) is 17.9. The highest BCUT2D eigenvalue weighted by Crippen LogP contribution is 2.41. The van der Waals surface area contributed by atoms with E-state index in [4.69, 9.17) is 17.3 Å². The van der Waals surface area contributed by atoms with Gasteiger partial charge in [0.05, 0.1) is 23.0 Å². The van der Waals surface area contributed by atoms with E-state index in [1.807, 2.05) is 29.2 Å². The number of likely N-dealkylation sites (N-methyl/N-ethyl adjacent to an activating group) is 1. The minimum Gasteiger partial charge on any atom is -0.478 e. The van der Waals surface area contributed by atoms with Crippen molar-refractivity contribution >= 4 is 40.1 Å². The molecule has 0 saturated carbocycles. The third-order valence-corrected chi connectivity index (χ3v) is 6.50. The smallest absolute Gasteiger partial charge is 0.335 e. The number of aromatic carboxylic acids is 1. The number of carbonyl (C=O) groups excluding carboxylic acids is 1. The van der Waals surface area contributed by atoms with Gasteiger partial charge in [-0.1, -0.05) is 42.5 Å². The molecule has 1 aromatic heterocycles. The first-order valence-electron chi connectivity index (χ1n) is 9.44. The maximum Gasteiger partial charge on any atom is 0.335 e. The van der Waals surface area contributed by atoms with Gasteiger partial charge in [-0.15, -0.1) is 0 Å². The van der Waals surface area contributed by atoms with Crippen LogP contribution in [0.5, 0.6) is 0 Å². The highest BCUT2D eigenvalue weighted by Gasteiger charge is 2.42. The van der Waals surface area contributed by atoms with Crippen LogP contribution in [0.25, 0.3) is 10.9 Å². The summed E-state index contributed by atoms with van der Waals surface area (Å²) in [7, 11) is 1.75. The molecule has 1 unspecified atom stereocenters. The Morgan fingerprint density at radius 2 is 1.90 bits per heavy atom. The van der Waals surface area contributed by atoms with Gasteiger partial charge in [-0.3, -0.25) is 4.90 Å². The van der Waals surface area contributed by atoms with Crippen LogP contribution in [0.3, 0.4) is 0 Å². The highest BCUT2D eigenvalue weighted by molar-refractivity contribution is 7.80. The second-order valence-electron chi connectivity index (χ2n) is 7.58. The number of amides is 2. The first-order valence-corrected chi connectivity index (χ1v) is 9.85. The zero-order valence-corrected chi connectivity index (χ0v) is 16.6. The fraction of sp³-hybridized carbons (Fsp3) is 0.227. The van der Waals surface area contributed by atoms with E-state index in [1.54, 1.807) is 24.1 Å². The van der Waals surface area contributed by atoms with Gasteiger partial charge in [0, 0.05) is 36.7 Å². The largest absolute Gasteiger partial charge is 0.478 e. The summed E-state index contributed by atoms with van der Waals surface area (Å²) in [6, 6.07) is 15.1. The van der Waals surface area contributed by atoms with Crippen molar-refractivity contribution in [1.29, 1.82) is 0 Å². The minimum absolute atomic E-state index is 0.0111. The van der Waals surface area contributed by atoms with Gasteiger partial charge in [0.15, 0.2) is 0 Å². The topological polar surface area (TPSA) is 65.8 Å². The molecule has 1 N–H and O–H groups in total. The van der Waals surface area contributed by atoms with Crippen LogP contribution in [0.15, 0.2) is 48.5 Å². The third kappa shape index (κ3) is 2.65. The second-order valence-corrected chi connectivity index (χ2v) is 8.00. The van der Waals surface area contributed by atoms with E-state index in [-0.39, 0.29) is 17.5 Å². The molecule has 0 aliphatic carbocycles. The van der Waals surface area contributed by atoms with Crippen LogP contribution < -0.4 is 0 Å². The fourth-order valence-corrected chi connectivity index (χ4v) is 4.77. The molecule has 1 saturated heterocycles. The molecule has 1 atom stereocenters. The Morgan fingerprint density at radius 1 is 1.17 bits per heavy atom. The average Bonchev–Trinajstić information content (AvgIpc) is 3.04. The molecule has 0 radical (unpaired) electrons. The lowest BCUT2D eigenvalue weighted by Crippen LogP contribution is -2.55. The minimum atomic E-state index is -0.933. The molecule has 5 rings (SSSR count). The van der Waals surface area contributed by atoms with Crippen molar-refractivity contribution in [1.82, 2.24) is 14.4 Å². The van der Waals surface area contributed by atoms with E-state index in [0.29, 0.717) is 24.6 Å². The molecule has 1 fully saturated rings. The SMILES string of the molecule is CN1C(=O)N2Cc3c(c4ccccc4n3Cc3ccc(C(=O)O)cc3)C(C2)C1=S. The Morgan fingerprint density at radius 3 is 2.62 bits per heavy atom. The standard InChI is InChI=1S/C22H19N3O3S/c1-23-20(29)16-11-24(22(23)28)12-18-19(16)15-4-2-3-5-17(15)25(18)10-13-6-8-14(9-7-13)21(26)27/h2-9,16H,10-12H2,1H3,(H,26,27). The van der Waals surface area contributed by atoms with E-state index in [2.05, 4.69) is 16.7 Å². The highest BCUT2D eigenvalue weighted by atomic mass is 32.1. The fourth-order valence-electron chi connectivity index (χ4n) is 4.50. The Bertz CT molecular complexity index is 1180. The van der Waals surface area contributed by atoms with Crippen LogP contribution in [0.1, 0.15) is 33.1 Å². The van der Waals surface area contributed by atoms with Gasteiger partial charge in [0.25, 0.3) is 0 Å². The number of hydrogen-bond donors (Lipinski definition) is 1. The molecule has 2 aliphatic rings. The van der Waals surface area contributed by atoms with Gasteiger partial charge in [-0.2, -0.15) is 0 Å². The number of carboxylic acid groups (broad SMARTS) is 1. The predicted octanol–water partition coefficient (Wildman–Crippen LogP) is 3.68. The monoisotopic (exact) mass is 405 g/mol. The van der Waals surface area contributed by atoms with Gasteiger partial charge < -0.3 is 14.6 Å². The van der Waals surface area contributed by atoms with Gasteiger partial charge in [0.2, 0.25) is 0 Å². The lowest BCUT2D eigenvalue weighted by Gasteiger charge is -2.42. The predicted molar refractivity (Wildman–Crippen MR) is 113 cm³/mol. The summed E-state index contributed by atoms with van der Waals surface area (Å²) in [6.45, 7) is 1.77. The Balaban J connectivity index is 1.65. The number of nitrogens with zero attached hydrogens (tertiary/aromatic N) is 3. The summed E-state index contributed by atoms with van der Waals surface area (Å²) < 4.78 is 2.24. The zero-order valence-electron chi connectivity index (χ0n) is 15.8. The number of carbonyl (C=O) groups is 2. The van der Waals surface area contributed by atoms with Gasteiger partial charge in [-0.05, 0) is 29.3 Å². The number of thiocarbonyl (C=S) groups is 1. The van der Waals surface area contributed by atoms with Crippen molar-refractivity contribution < 1.29 is 14.7 Å². The second kappa shape index (κ2) is 6.42. The van der Waals surface area contributed by atoms with Crippen LogP contribution >= 0.6 is 12.2 Å². The van der Waals surface area contributed by atoms with E-state index >= 15 is 0 Å². The Hall–Kier alpha value is -3.19. The summed E-state index contributed by atoms with van der Waals surface area (Å²) in [5, 5.41) is 10.3. The summed E-state index contributed by atoms with van der Waals surface area (Å²) >= 11 is 5.64. The van der Waals surface area contributed by atoms with Gasteiger partial charge in [0.1, 0.15) is 0 Å². The number of urea groups is 1. The Labute approximate surface area is 172 Å². The molecule has 3 heterocycles. The van der Waals surface area contributed by atoms with Crippen molar-refractivity contribution in [3.63, 3.8) is 0 Å². The number of benzene rings is 2. The van der Waals surface area contributed by atoms with Gasteiger partial charge >= 0.3 is 12.0 Å². The number of rotatable bonds is 3. The van der Waals surface area contributed by atoms with Crippen LogP contribution in [-0.2, 0) is 13.1 Å². The summed E-state index contributed by atoms with van der Waals surface area (Å²) in [5.41, 5.74) is 4.70. The molecule has 2 aromatic carbocycles. The number of para-hydroxylation sites is 1. The Kier molecular flexibility index (Phi) is 3.96. The third-order valence-electron chi connectivity index (χ3n) is 5.94. The normalized spacial score (nSPS) is 18.3. The molecule has 29 heavy (non-hydrogen) atoms. The van der Waals surface area contributed by atoms with Gasteiger partial charge in [-0.25, -0.2) is 9.59 Å². The lowest BCUT2D eigenvalue weighted by atomic mass is 9.89. The molecule has 3 aromatic rings. The van der Waals surface area contributed by atoms with Crippen molar-refractivity contribution in [2.75, 3.05) is 13.6 Å². The van der Waals surface area contributed by atoms with E-state index in [0.717, 1.165) is 16.8 Å². The van der Waals surface area contributed by atoms with Crippen molar-refractivity contribution in [2.24, 2.45) is 0 Å². The number of fused-ring (bicyclic) bond motifs is 6. The number of aromatic nitrogens is 1. The van der Waals surface area contributed by atoms with Crippen molar-refractivity contribution in [3.8, 4) is 0 Å². The lowest BCUT2D eigenvalue weighted by molar-refractivity contribution is 0.0697. The van der Waals surface area contributed by atoms with E-state index in [1.165, 1.54) is 10.9 Å². The van der Waals surface area contributed by atoms with Crippen LogP contribution in [0, 0.1) is 0 Å². The molecule has 7 heteroatoms. The zero-order chi connectivity index (χ0) is 20.3. The van der Waals surface area contributed by atoms with Crippen molar-refractivity contribution in [3.05, 3.63) is 70.9 Å². The molecule has 146 valence electrons. The van der Waals surface area contributed by atoms with Crippen LogP contribution in [0.2, 0.25) is 0 Å². The van der Waals surface area contributed by atoms with Crippen LogP contribution in [0.4, 0.5) is 4.79 Å². The molecular weight excluding hydrogens is 386 g/mol. The molecule has 2 amide bonds. The molecule has 6 nitrogen and oxygen atoms in total. The van der Waals surface area contributed by atoms with Crippen molar-refractivity contribution in [2.45, 2.75) is 19.0 Å². The molecular formula is C22H19N3O3S. The maximum atomic E-state index is 12.6. The summed E-state index contributed by atoms with van der Waals surface area (Å²) in [4.78, 5) is 27.9. The number of hydrogen-bond acceptors (Lipinski definition) is 3. The summed E-state index contributed by atoms with van der Waals surface area (Å²) in [5.74, 6) is -0.922. The quantitative estimate of drug-likeness (QED) is 0.675. The first-order chi connectivity index (χ1) is 14.0. The average molecular weight is 405 g/mol. The maximum absolute atomic E-state index is 12.6. The summed E-state index contributed by atoms with van der Waals surface area (Å²) in [6.07, 6.45) is 0. The molecule has 2 bridgehead atoms. The molecule has 0 spiro atoms. The van der Waals surface area contributed by atoms with Crippen LogP contribution in [-0.4, -0.2) is 50.1 Å².